The third kappa shape index (κ3) is 2.28. The van der Waals surface area contributed by atoms with Crippen LogP contribution in [0.25, 0.3) is 0 Å². The standard InChI is InChI=1S/C12H16ClN/c13-11-3-1-2-10(8-11)9-4-6-12(14)7-5-9/h1-3,8-9,12H,4-7,14H2. The van der Waals surface area contributed by atoms with Crippen molar-refractivity contribution in [2.45, 2.75) is 37.6 Å². The summed E-state index contributed by atoms with van der Waals surface area (Å²) in [6, 6.07) is 8.65. The topological polar surface area (TPSA) is 26.0 Å². The molecule has 1 fully saturated rings. The zero-order valence-electron chi connectivity index (χ0n) is 8.25. The first-order valence-corrected chi connectivity index (χ1v) is 5.64. The molecule has 0 saturated heterocycles. The summed E-state index contributed by atoms with van der Waals surface area (Å²) in [5.74, 6) is 0.675. The Hall–Kier alpha value is -0.530. The smallest absolute Gasteiger partial charge is 0.0408 e. The molecule has 0 heterocycles. The number of benzene rings is 1. The number of hydrogen-bond acceptors (Lipinski definition) is 1. The van der Waals surface area contributed by atoms with Crippen molar-refractivity contribution in [1.82, 2.24) is 0 Å². The molecule has 0 aromatic heterocycles. The van der Waals surface area contributed by atoms with E-state index in [9.17, 15) is 0 Å². The quantitative estimate of drug-likeness (QED) is 0.755. The van der Waals surface area contributed by atoms with Crippen LogP contribution in [-0.2, 0) is 0 Å². The third-order valence-corrected chi connectivity index (χ3v) is 3.33. The van der Waals surface area contributed by atoms with Crippen LogP contribution in [0.3, 0.4) is 0 Å². The molecule has 1 aliphatic rings. The van der Waals surface area contributed by atoms with Gasteiger partial charge in [-0.2, -0.15) is 0 Å². The minimum Gasteiger partial charge on any atom is -0.328 e. The van der Waals surface area contributed by atoms with E-state index in [2.05, 4.69) is 12.1 Å². The molecular weight excluding hydrogens is 194 g/mol. The second-order valence-electron chi connectivity index (χ2n) is 4.17. The molecule has 0 bridgehead atoms. The first kappa shape index (κ1) is 10.0. The van der Waals surface area contributed by atoms with Gasteiger partial charge in [-0.3, -0.25) is 0 Å². The molecule has 76 valence electrons. The van der Waals surface area contributed by atoms with Crippen molar-refractivity contribution in [3.8, 4) is 0 Å². The molecule has 14 heavy (non-hydrogen) atoms. The maximum Gasteiger partial charge on any atom is 0.0408 e. The molecule has 1 aromatic rings. The Morgan fingerprint density at radius 3 is 2.50 bits per heavy atom. The predicted molar refractivity (Wildman–Crippen MR) is 60.6 cm³/mol. The van der Waals surface area contributed by atoms with Gasteiger partial charge in [0, 0.05) is 11.1 Å². The maximum absolute atomic E-state index is 5.97. The minimum atomic E-state index is 0.422. The van der Waals surface area contributed by atoms with Crippen molar-refractivity contribution in [2.24, 2.45) is 5.73 Å². The van der Waals surface area contributed by atoms with Crippen LogP contribution in [-0.4, -0.2) is 6.04 Å². The Balaban J connectivity index is 2.08. The lowest BCUT2D eigenvalue weighted by Gasteiger charge is -2.26. The summed E-state index contributed by atoms with van der Waals surface area (Å²) in [6.07, 6.45) is 4.72. The average Bonchev–Trinajstić information content (AvgIpc) is 2.19. The molecule has 1 saturated carbocycles. The third-order valence-electron chi connectivity index (χ3n) is 3.09. The van der Waals surface area contributed by atoms with Gasteiger partial charge in [-0.25, -0.2) is 0 Å². The molecule has 0 unspecified atom stereocenters. The van der Waals surface area contributed by atoms with Crippen LogP contribution in [0.2, 0.25) is 5.02 Å². The Kier molecular flexibility index (Phi) is 3.09. The number of hydrogen-bond donors (Lipinski definition) is 1. The van der Waals surface area contributed by atoms with Crippen LogP contribution in [0.5, 0.6) is 0 Å². The van der Waals surface area contributed by atoms with Gasteiger partial charge in [-0.05, 0) is 49.3 Å². The van der Waals surface area contributed by atoms with Crippen LogP contribution >= 0.6 is 11.6 Å². The van der Waals surface area contributed by atoms with E-state index < -0.39 is 0 Å². The SMILES string of the molecule is NC1CCC(c2cccc(Cl)c2)CC1. The average molecular weight is 210 g/mol. The predicted octanol–water partition coefficient (Wildman–Crippen LogP) is 3.32. The fraction of sp³-hybridized carbons (Fsp3) is 0.500. The van der Waals surface area contributed by atoms with Gasteiger partial charge < -0.3 is 5.73 Å². The van der Waals surface area contributed by atoms with Crippen molar-refractivity contribution in [3.63, 3.8) is 0 Å². The molecule has 0 atom stereocenters. The Morgan fingerprint density at radius 1 is 1.14 bits per heavy atom. The second kappa shape index (κ2) is 4.33. The van der Waals surface area contributed by atoms with E-state index in [1.54, 1.807) is 0 Å². The molecule has 2 N–H and O–H groups in total. The van der Waals surface area contributed by atoms with Crippen LogP contribution in [0.4, 0.5) is 0 Å². The lowest BCUT2D eigenvalue weighted by molar-refractivity contribution is 0.395. The maximum atomic E-state index is 5.97. The zero-order valence-corrected chi connectivity index (χ0v) is 9.00. The summed E-state index contributed by atoms with van der Waals surface area (Å²) in [5.41, 5.74) is 7.26. The van der Waals surface area contributed by atoms with Crippen LogP contribution in [0, 0.1) is 0 Å². The highest BCUT2D eigenvalue weighted by atomic mass is 35.5. The van der Waals surface area contributed by atoms with Crippen LogP contribution in [0.15, 0.2) is 24.3 Å². The molecule has 0 radical (unpaired) electrons. The number of halogens is 1. The highest BCUT2D eigenvalue weighted by molar-refractivity contribution is 6.30. The van der Waals surface area contributed by atoms with E-state index in [0.717, 1.165) is 17.9 Å². The molecule has 1 nitrogen and oxygen atoms in total. The van der Waals surface area contributed by atoms with Crippen molar-refractivity contribution in [2.75, 3.05) is 0 Å². The lowest BCUT2D eigenvalue weighted by atomic mass is 9.82. The van der Waals surface area contributed by atoms with Gasteiger partial charge >= 0.3 is 0 Å². The Morgan fingerprint density at radius 2 is 1.86 bits per heavy atom. The highest BCUT2D eigenvalue weighted by Crippen LogP contribution is 2.32. The van der Waals surface area contributed by atoms with E-state index >= 15 is 0 Å². The summed E-state index contributed by atoms with van der Waals surface area (Å²) in [5, 5.41) is 0.845. The summed E-state index contributed by atoms with van der Waals surface area (Å²) < 4.78 is 0. The molecular formula is C12H16ClN. The fourth-order valence-corrected chi connectivity index (χ4v) is 2.41. The van der Waals surface area contributed by atoms with E-state index in [1.807, 2.05) is 12.1 Å². The number of nitrogens with two attached hydrogens (primary N) is 1. The molecule has 2 heteroatoms. The van der Waals surface area contributed by atoms with Crippen molar-refractivity contribution in [3.05, 3.63) is 34.9 Å². The van der Waals surface area contributed by atoms with Crippen LogP contribution in [0.1, 0.15) is 37.2 Å². The summed E-state index contributed by atoms with van der Waals surface area (Å²) in [6.45, 7) is 0. The second-order valence-corrected chi connectivity index (χ2v) is 4.60. The lowest BCUT2D eigenvalue weighted by Crippen LogP contribution is -2.25. The summed E-state index contributed by atoms with van der Waals surface area (Å²) in [7, 11) is 0. The first-order chi connectivity index (χ1) is 6.75. The van der Waals surface area contributed by atoms with Gasteiger partial charge in [0.15, 0.2) is 0 Å². The first-order valence-electron chi connectivity index (χ1n) is 5.27. The van der Waals surface area contributed by atoms with Gasteiger partial charge in [0.05, 0.1) is 0 Å². The molecule has 0 spiro atoms. The van der Waals surface area contributed by atoms with E-state index in [-0.39, 0.29) is 0 Å². The monoisotopic (exact) mass is 209 g/mol. The van der Waals surface area contributed by atoms with Crippen molar-refractivity contribution in [1.29, 1.82) is 0 Å². The highest BCUT2D eigenvalue weighted by Gasteiger charge is 2.19. The van der Waals surface area contributed by atoms with Crippen molar-refractivity contribution < 1.29 is 0 Å². The van der Waals surface area contributed by atoms with E-state index in [0.29, 0.717) is 12.0 Å². The molecule has 2 rings (SSSR count). The van der Waals surface area contributed by atoms with Crippen LogP contribution < -0.4 is 5.73 Å². The minimum absolute atomic E-state index is 0.422. The largest absolute Gasteiger partial charge is 0.328 e. The number of rotatable bonds is 1. The van der Waals surface area contributed by atoms with Gasteiger partial charge in [-0.15, -0.1) is 0 Å². The summed E-state index contributed by atoms with van der Waals surface area (Å²) in [4.78, 5) is 0. The molecule has 0 aliphatic heterocycles. The van der Waals surface area contributed by atoms with Gasteiger partial charge in [0.1, 0.15) is 0 Å². The molecule has 1 aromatic carbocycles. The fourth-order valence-electron chi connectivity index (χ4n) is 2.21. The Bertz CT molecular complexity index is 303. The van der Waals surface area contributed by atoms with Gasteiger partial charge in [0.25, 0.3) is 0 Å². The molecule has 1 aliphatic carbocycles. The van der Waals surface area contributed by atoms with Gasteiger partial charge in [-0.1, -0.05) is 23.7 Å². The zero-order chi connectivity index (χ0) is 9.97. The van der Waals surface area contributed by atoms with Gasteiger partial charge in [0.2, 0.25) is 0 Å². The molecule has 0 amide bonds. The van der Waals surface area contributed by atoms with E-state index in [1.165, 1.54) is 18.4 Å². The Labute approximate surface area is 90.3 Å². The summed E-state index contributed by atoms with van der Waals surface area (Å²) >= 11 is 5.97. The van der Waals surface area contributed by atoms with E-state index in [4.69, 9.17) is 17.3 Å². The van der Waals surface area contributed by atoms with Crippen molar-refractivity contribution >= 4 is 11.6 Å². The normalized spacial score (nSPS) is 27.6.